The normalized spacial score (nSPS) is 17.6. The molecule has 2 unspecified atom stereocenters. The molecule has 0 aliphatic carbocycles. The van der Waals surface area contributed by atoms with E-state index in [0.717, 1.165) is 11.1 Å². The summed E-state index contributed by atoms with van der Waals surface area (Å²) in [5, 5.41) is 0.628. The van der Waals surface area contributed by atoms with E-state index in [0.29, 0.717) is 16.5 Å². The van der Waals surface area contributed by atoms with Gasteiger partial charge in [-0.1, -0.05) is 29.3 Å². The molecule has 1 aromatic rings. The Hall–Kier alpha value is -2.24. The Bertz CT molecular complexity index is 854. The van der Waals surface area contributed by atoms with E-state index in [1.54, 1.807) is 38.1 Å². The summed E-state index contributed by atoms with van der Waals surface area (Å²) < 4.78 is 16.1. The molecule has 1 aliphatic rings. The van der Waals surface area contributed by atoms with Crippen LogP contribution >= 0.6 is 23.2 Å². The van der Waals surface area contributed by atoms with E-state index in [1.165, 1.54) is 13.8 Å². The van der Waals surface area contributed by atoms with Crippen molar-refractivity contribution in [2.24, 2.45) is 0 Å². The Morgan fingerprint density at radius 1 is 1.30 bits per heavy atom. The largest absolute Gasteiger partial charge is 0.461 e. The van der Waals surface area contributed by atoms with Crippen LogP contribution in [0.4, 0.5) is 0 Å². The maximum absolute atomic E-state index is 11.2. The fraction of sp³-hybridized carbons (Fsp3) is 0.300. The molecular formula is C20H20Cl2O5. The van der Waals surface area contributed by atoms with Crippen LogP contribution in [0.3, 0.4) is 0 Å². The van der Waals surface area contributed by atoms with Crippen molar-refractivity contribution < 1.29 is 23.8 Å². The number of rotatable bonds is 5. The molecule has 0 N–H and O–H groups in total. The smallest absolute Gasteiger partial charge is 0.308 e. The molecule has 2 rings (SSSR count). The van der Waals surface area contributed by atoms with Crippen molar-refractivity contribution in [1.29, 1.82) is 0 Å². The predicted molar refractivity (Wildman–Crippen MR) is 104 cm³/mol. The summed E-state index contributed by atoms with van der Waals surface area (Å²) in [6.07, 6.45) is 2.85. The van der Waals surface area contributed by atoms with Crippen LogP contribution in [0, 0.1) is 0 Å². The SMILES string of the molecule is C=CC1C(/C=C(/Cl)C(C)OC(C)=O)=C(C)Oc2cc(OC(C)=O)c(Cl)cc21. The van der Waals surface area contributed by atoms with Crippen molar-refractivity contribution >= 4 is 35.1 Å². The fourth-order valence-corrected chi connectivity index (χ4v) is 3.11. The molecule has 0 bridgehead atoms. The molecule has 0 spiro atoms. The van der Waals surface area contributed by atoms with Gasteiger partial charge in [-0.25, -0.2) is 0 Å². The van der Waals surface area contributed by atoms with Crippen molar-refractivity contribution in [3.63, 3.8) is 0 Å². The summed E-state index contributed by atoms with van der Waals surface area (Å²) in [5.74, 6) is 0.177. The lowest BCUT2D eigenvalue weighted by atomic mass is 9.87. The van der Waals surface area contributed by atoms with Gasteiger partial charge in [0.25, 0.3) is 0 Å². The van der Waals surface area contributed by atoms with Crippen LogP contribution in [0.5, 0.6) is 11.5 Å². The third-order valence-electron chi connectivity index (χ3n) is 3.92. The van der Waals surface area contributed by atoms with Crippen molar-refractivity contribution in [1.82, 2.24) is 0 Å². The van der Waals surface area contributed by atoms with Crippen molar-refractivity contribution in [3.8, 4) is 11.5 Å². The summed E-state index contributed by atoms with van der Waals surface area (Å²) in [4.78, 5) is 22.4. The van der Waals surface area contributed by atoms with E-state index in [4.69, 9.17) is 37.4 Å². The first-order chi connectivity index (χ1) is 12.6. The fourth-order valence-electron chi connectivity index (χ4n) is 2.74. The minimum atomic E-state index is -0.591. The van der Waals surface area contributed by atoms with Gasteiger partial charge in [-0.15, -0.1) is 6.58 Å². The van der Waals surface area contributed by atoms with E-state index >= 15 is 0 Å². The van der Waals surface area contributed by atoms with Gasteiger partial charge in [0.1, 0.15) is 17.6 Å². The van der Waals surface area contributed by atoms with Crippen molar-refractivity contribution in [2.45, 2.75) is 39.7 Å². The number of fused-ring (bicyclic) bond motifs is 1. The number of allylic oxidation sites excluding steroid dienone is 4. The van der Waals surface area contributed by atoms with E-state index in [2.05, 4.69) is 6.58 Å². The third kappa shape index (κ3) is 4.93. The molecule has 7 heteroatoms. The zero-order chi connectivity index (χ0) is 20.3. The second kappa shape index (κ2) is 8.63. The first-order valence-corrected chi connectivity index (χ1v) is 8.97. The average molecular weight is 411 g/mol. The first kappa shape index (κ1) is 21.1. The van der Waals surface area contributed by atoms with Gasteiger partial charge in [0, 0.05) is 37.0 Å². The van der Waals surface area contributed by atoms with Gasteiger partial charge in [-0.2, -0.15) is 0 Å². The highest BCUT2D eigenvalue weighted by atomic mass is 35.5. The lowest BCUT2D eigenvalue weighted by Gasteiger charge is -2.27. The number of esters is 2. The maximum Gasteiger partial charge on any atom is 0.308 e. The molecule has 0 aromatic heterocycles. The molecule has 144 valence electrons. The second-order valence-corrected chi connectivity index (χ2v) is 6.87. The first-order valence-electron chi connectivity index (χ1n) is 8.21. The van der Waals surface area contributed by atoms with Crippen molar-refractivity contribution in [2.75, 3.05) is 0 Å². The highest BCUT2D eigenvalue weighted by molar-refractivity contribution is 6.32. The third-order valence-corrected chi connectivity index (χ3v) is 4.63. The molecule has 5 nitrogen and oxygen atoms in total. The molecule has 1 aliphatic heterocycles. The van der Waals surface area contributed by atoms with Crippen LogP contribution in [0.15, 0.2) is 47.2 Å². The number of carbonyl (C=O) groups is 2. The number of ether oxygens (including phenoxy) is 3. The van der Waals surface area contributed by atoms with Crippen molar-refractivity contribution in [3.05, 3.63) is 57.8 Å². The molecule has 0 radical (unpaired) electrons. The molecule has 1 aromatic carbocycles. The number of hydrogen-bond donors (Lipinski definition) is 0. The molecule has 27 heavy (non-hydrogen) atoms. The Balaban J connectivity index is 2.45. The average Bonchev–Trinajstić information content (AvgIpc) is 2.56. The summed E-state index contributed by atoms with van der Waals surface area (Å²) in [5.41, 5.74) is 1.52. The summed E-state index contributed by atoms with van der Waals surface area (Å²) in [6, 6.07) is 3.24. The van der Waals surface area contributed by atoms with Crippen LogP contribution in [-0.4, -0.2) is 18.0 Å². The summed E-state index contributed by atoms with van der Waals surface area (Å²) >= 11 is 12.6. The quantitative estimate of drug-likeness (QED) is 0.375. The highest BCUT2D eigenvalue weighted by Crippen LogP contribution is 2.45. The Morgan fingerprint density at radius 2 is 1.96 bits per heavy atom. The van der Waals surface area contributed by atoms with Gasteiger partial charge in [0.15, 0.2) is 5.75 Å². The van der Waals surface area contributed by atoms with Gasteiger partial charge in [-0.05, 0) is 26.0 Å². The maximum atomic E-state index is 11.2. The monoisotopic (exact) mass is 410 g/mol. The van der Waals surface area contributed by atoms with E-state index in [-0.39, 0.29) is 16.7 Å². The summed E-state index contributed by atoms with van der Waals surface area (Å²) in [6.45, 7) is 9.97. The van der Waals surface area contributed by atoms with E-state index < -0.39 is 18.0 Å². The zero-order valence-electron chi connectivity index (χ0n) is 15.5. The molecule has 1 heterocycles. The lowest BCUT2D eigenvalue weighted by Crippen LogP contribution is -2.16. The van der Waals surface area contributed by atoms with Crippen LogP contribution in [0.1, 0.15) is 39.2 Å². The molecule has 0 saturated heterocycles. The minimum Gasteiger partial charge on any atom is -0.461 e. The standard InChI is InChI=1S/C20H20Cl2O5/c1-6-14-15(7-17(21)11(3)25-12(4)23)10(2)26-19-9-20(27-13(5)24)18(22)8-16(14)19/h6-9,11,14H,1H2,2-5H3/b17-7+. The lowest BCUT2D eigenvalue weighted by molar-refractivity contribution is -0.143. The van der Waals surface area contributed by atoms with E-state index in [9.17, 15) is 9.59 Å². The van der Waals surface area contributed by atoms with Gasteiger partial charge in [0.2, 0.25) is 0 Å². The Kier molecular flexibility index (Phi) is 6.73. The van der Waals surface area contributed by atoms with Gasteiger partial charge >= 0.3 is 11.9 Å². The number of benzene rings is 1. The van der Waals surface area contributed by atoms with Crippen LogP contribution in [0.2, 0.25) is 5.02 Å². The Labute approximate surface area is 168 Å². The topological polar surface area (TPSA) is 61.8 Å². The Morgan fingerprint density at radius 3 is 2.52 bits per heavy atom. The molecule has 0 saturated carbocycles. The molecule has 2 atom stereocenters. The second-order valence-electron chi connectivity index (χ2n) is 6.02. The number of carbonyl (C=O) groups excluding carboxylic acids is 2. The molecule has 0 amide bonds. The van der Waals surface area contributed by atoms with Gasteiger partial charge in [0.05, 0.1) is 10.1 Å². The molecule has 0 fully saturated rings. The highest BCUT2D eigenvalue weighted by Gasteiger charge is 2.27. The zero-order valence-corrected chi connectivity index (χ0v) is 17.0. The van der Waals surface area contributed by atoms with Crippen LogP contribution in [-0.2, 0) is 14.3 Å². The number of hydrogen-bond acceptors (Lipinski definition) is 5. The van der Waals surface area contributed by atoms with Crippen LogP contribution in [0.25, 0.3) is 0 Å². The predicted octanol–water partition coefficient (Wildman–Crippen LogP) is 5.28. The van der Waals surface area contributed by atoms with Gasteiger partial charge in [-0.3, -0.25) is 9.59 Å². The summed E-state index contributed by atoms with van der Waals surface area (Å²) in [7, 11) is 0. The van der Waals surface area contributed by atoms with E-state index in [1.807, 2.05) is 0 Å². The minimum absolute atomic E-state index is 0.221. The number of halogens is 2. The van der Waals surface area contributed by atoms with Crippen LogP contribution < -0.4 is 9.47 Å². The molecular weight excluding hydrogens is 391 g/mol. The van der Waals surface area contributed by atoms with Gasteiger partial charge < -0.3 is 14.2 Å².